The molecule has 0 atom stereocenters. The first-order valence-electron chi connectivity index (χ1n) is 3.77. The van der Waals surface area contributed by atoms with E-state index in [9.17, 15) is 0 Å². The van der Waals surface area contributed by atoms with Crippen molar-refractivity contribution in [2.45, 2.75) is 13.5 Å². The smallest absolute Gasteiger partial charge is 0.169 e. The maximum Gasteiger partial charge on any atom is 0.169 e. The average molecular weight is 163 g/mol. The van der Waals surface area contributed by atoms with Gasteiger partial charge in [0.1, 0.15) is 12.1 Å². The molecule has 0 radical (unpaired) electrons. The summed E-state index contributed by atoms with van der Waals surface area (Å²) in [6, 6.07) is 5.78. The number of aryl methyl sites for hydroxylation is 1. The molecule has 0 bridgehead atoms. The zero-order valence-corrected chi connectivity index (χ0v) is 6.74. The van der Waals surface area contributed by atoms with Crippen molar-refractivity contribution in [3.8, 4) is 0 Å². The Morgan fingerprint density at radius 3 is 3.08 bits per heavy atom. The number of rotatable bonds is 1. The Balaban J connectivity index is 2.80. The van der Waals surface area contributed by atoms with E-state index in [2.05, 4.69) is 5.16 Å². The highest BCUT2D eigenvalue weighted by Gasteiger charge is 2.07. The van der Waals surface area contributed by atoms with E-state index >= 15 is 0 Å². The molecule has 0 fully saturated rings. The highest BCUT2D eigenvalue weighted by molar-refractivity contribution is 5.83. The molecule has 0 aliphatic rings. The minimum atomic E-state index is -0.0973. The molecule has 2 aromatic rings. The number of hydrogen-bond donors (Lipinski definition) is 1. The Labute approximate surface area is 69.6 Å². The van der Waals surface area contributed by atoms with Gasteiger partial charge in [-0.1, -0.05) is 17.3 Å². The van der Waals surface area contributed by atoms with E-state index in [1.165, 1.54) is 0 Å². The van der Waals surface area contributed by atoms with Crippen LogP contribution in [0.2, 0.25) is 0 Å². The minimum absolute atomic E-state index is 0.0973. The number of aliphatic hydroxyl groups excluding tert-OH is 1. The van der Waals surface area contributed by atoms with Crippen LogP contribution < -0.4 is 0 Å². The molecule has 3 heteroatoms. The van der Waals surface area contributed by atoms with Gasteiger partial charge < -0.3 is 9.63 Å². The zero-order valence-electron chi connectivity index (χ0n) is 6.74. The third-order valence-corrected chi connectivity index (χ3v) is 1.93. The third kappa shape index (κ3) is 0.905. The summed E-state index contributed by atoms with van der Waals surface area (Å²) in [4.78, 5) is 0. The van der Waals surface area contributed by atoms with Gasteiger partial charge in [0.25, 0.3) is 0 Å². The average Bonchev–Trinajstić information content (AvgIpc) is 2.49. The summed E-state index contributed by atoms with van der Waals surface area (Å²) in [6.45, 7) is 1.87. The van der Waals surface area contributed by atoms with Crippen LogP contribution in [0.4, 0.5) is 0 Å². The summed E-state index contributed by atoms with van der Waals surface area (Å²) in [7, 11) is 0. The van der Waals surface area contributed by atoms with E-state index in [1.807, 2.05) is 25.1 Å². The molecule has 0 aliphatic carbocycles. The second kappa shape index (κ2) is 2.60. The summed E-state index contributed by atoms with van der Waals surface area (Å²) < 4.78 is 4.95. The van der Waals surface area contributed by atoms with E-state index < -0.39 is 0 Å². The summed E-state index contributed by atoms with van der Waals surface area (Å²) in [5, 5.41) is 13.6. The summed E-state index contributed by atoms with van der Waals surface area (Å²) >= 11 is 0. The maximum absolute atomic E-state index is 8.88. The van der Waals surface area contributed by atoms with Crippen LogP contribution in [0.5, 0.6) is 0 Å². The molecule has 12 heavy (non-hydrogen) atoms. The molecule has 1 heterocycles. The zero-order chi connectivity index (χ0) is 8.55. The first kappa shape index (κ1) is 7.31. The third-order valence-electron chi connectivity index (χ3n) is 1.93. The van der Waals surface area contributed by atoms with Crippen LogP contribution in [0.3, 0.4) is 0 Å². The fraction of sp³-hybridized carbons (Fsp3) is 0.222. The standard InChI is InChI=1S/C9H9NO2/c1-6-3-2-4-7-8(5-11)12-10-9(6)7/h2-4,11H,5H2,1H3. The second-order valence-electron chi connectivity index (χ2n) is 2.73. The van der Waals surface area contributed by atoms with Crippen LogP contribution in [0.25, 0.3) is 10.9 Å². The van der Waals surface area contributed by atoms with Gasteiger partial charge in [-0.15, -0.1) is 0 Å². The second-order valence-corrected chi connectivity index (χ2v) is 2.73. The van der Waals surface area contributed by atoms with Gasteiger partial charge >= 0.3 is 0 Å². The Hall–Kier alpha value is -1.35. The molecule has 1 N–H and O–H groups in total. The largest absolute Gasteiger partial charge is 0.388 e. The number of fused-ring (bicyclic) bond motifs is 1. The highest BCUT2D eigenvalue weighted by Crippen LogP contribution is 2.20. The van der Waals surface area contributed by atoms with Crippen molar-refractivity contribution in [3.05, 3.63) is 29.5 Å². The van der Waals surface area contributed by atoms with Gasteiger partial charge in [0.05, 0.1) is 0 Å². The van der Waals surface area contributed by atoms with E-state index in [1.54, 1.807) is 0 Å². The Kier molecular flexibility index (Phi) is 1.59. The van der Waals surface area contributed by atoms with Gasteiger partial charge in [-0.3, -0.25) is 0 Å². The van der Waals surface area contributed by atoms with E-state index in [0.717, 1.165) is 16.5 Å². The Morgan fingerprint density at radius 1 is 1.50 bits per heavy atom. The van der Waals surface area contributed by atoms with Gasteiger partial charge in [-0.05, 0) is 18.6 Å². The maximum atomic E-state index is 8.88. The quantitative estimate of drug-likeness (QED) is 0.695. The lowest BCUT2D eigenvalue weighted by Gasteiger charge is -1.91. The van der Waals surface area contributed by atoms with Crippen molar-refractivity contribution in [2.75, 3.05) is 0 Å². The van der Waals surface area contributed by atoms with Crippen LogP contribution in [-0.2, 0) is 6.61 Å². The van der Waals surface area contributed by atoms with E-state index in [-0.39, 0.29) is 6.61 Å². The molecule has 0 saturated heterocycles. The molecule has 1 aromatic carbocycles. The first-order valence-corrected chi connectivity index (χ1v) is 3.77. The van der Waals surface area contributed by atoms with Crippen LogP contribution in [0, 0.1) is 6.92 Å². The van der Waals surface area contributed by atoms with Crippen molar-refractivity contribution in [3.63, 3.8) is 0 Å². The van der Waals surface area contributed by atoms with Gasteiger partial charge in [0.15, 0.2) is 5.76 Å². The lowest BCUT2D eigenvalue weighted by Crippen LogP contribution is -1.79. The Bertz CT molecular complexity index is 406. The predicted molar refractivity (Wildman–Crippen MR) is 44.7 cm³/mol. The van der Waals surface area contributed by atoms with Crippen LogP contribution in [0.15, 0.2) is 22.7 Å². The fourth-order valence-electron chi connectivity index (χ4n) is 1.27. The SMILES string of the molecule is Cc1cccc2c(CO)onc12. The number of hydrogen-bond acceptors (Lipinski definition) is 3. The molecule has 0 amide bonds. The lowest BCUT2D eigenvalue weighted by molar-refractivity contribution is 0.232. The molecule has 62 valence electrons. The van der Waals surface area contributed by atoms with E-state index in [4.69, 9.17) is 9.63 Å². The number of nitrogens with zero attached hydrogens (tertiary/aromatic N) is 1. The number of aliphatic hydroxyl groups is 1. The molecule has 2 rings (SSSR count). The summed E-state index contributed by atoms with van der Waals surface area (Å²) in [5.74, 6) is 0.536. The highest BCUT2D eigenvalue weighted by atomic mass is 16.5. The fourth-order valence-corrected chi connectivity index (χ4v) is 1.27. The molecular formula is C9H9NO2. The molecule has 0 saturated carbocycles. The summed E-state index contributed by atoms with van der Waals surface area (Å²) in [6.07, 6.45) is 0. The van der Waals surface area contributed by atoms with Crippen molar-refractivity contribution in [1.82, 2.24) is 5.16 Å². The van der Waals surface area contributed by atoms with Crippen molar-refractivity contribution in [1.29, 1.82) is 0 Å². The molecular weight excluding hydrogens is 154 g/mol. The lowest BCUT2D eigenvalue weighted by atomic mass is 10.1. The molecule has 0 aliphatic heterocycles. The first-order chi connectivity index (χ1) is 5.83. The van der Waals surface area contributed by atoms with Crippen molar-refractivity contribution in [2.24, 2.45) is 0 Å². The minimum Gasteiger partial charge on any atom is -0.388 e. The van der Waals surface area contributed by atoms with Gasteiger partial charge in [-0.2, -0.15) is 0 Å². The van der Waals surface area contributed by atoms with Gasteiger partial charge in [-0.25, -0.2) is 0 Å². The monoisotopic (exact) mass is 163 g/mol. The normalized spacial score (nSPS) is 10.8. The van der Waals surface area contributed by atoms with Crippen LogP contribution in [-0.4, -0.2) is 10.3 Å². The number of aromatic nitrogens is 1. The number of benzene rings is 1. The van der Waals surface area contributed by atoms with E-state index in [0.29, 0.717) is 5.76 Å². The topological polar surface area (TPSA) is 46.3 Å². The predicted octanol–water partition coefficient (Wildman–Crippen LogP) is 1.63. The summed E-state index contributed by atoms with van der Waals surface area (Å²) in [5.41, 5.74) is 1.90. The Morgan fingerprint density at radius 2 is 2.33 bits per heavy atom. The van der Waals surface area contributed by atoms with Crippen molar-refractivity contribution >= 4 is 10.9 Å². The molecule has 3 nitrogen and oxygen atoms in total. The van der Waals surface area contributed by atoms with Crippen LogP contribution in [0.1, 0.15) is 11.3 Å². The molecule has 0 unspecified atom stereocenters. The van der Waals surface area contributed by atoms with Gasteiger partial charge in [0, 0.05) is 5.39 Å². The molecule has 0 spiro atoms. The molecule has 1 aromatic heterocycles. The van der Waals surface area contributed by atoms with Crippen LogP contribution >= 0.6 is 0 Å². The van der Waals surface area contributed by atoms with Crippen molar-refractivity contribution < 1.29 is 9.63 Å². The van der Waals surface area contributed by atoms with Gasteiger partial charge in [0.2, 0.25) is 0 Å².